The second kappa shape index (κ2) is 31.5. The lowest BCUT2D eigenvalue weighted by Crippen LogP contribution is -2.35. The third kappa shape index (κ3) is 18.4. The van der Waals surface area contributed by atoms with Crippen LogP contribution in [0, 0.1) is 50.8 Å². The number of pyridine rings is 2. The van der Waals surface area contributed by atoms with Gasteiger partial charge in [0.2, 0.25) is 11.5 Å². The Morgan fingerprint density at radius 3 is 1.55 bits per heavy atom. The highest BCUT2D eigenvalue weighted by atomic mass is 79.9. The minimum Gasteiger partial charge on any atom is -0.481 e. The molecule has 6 aliphatic rings. The van der Waals surface area contributed by atoms with Gasteiger partial charge >= 0.3 is 11.6 Å². The summed E-state index contributed by atoms with van der Waals surface area (Å²) in [5, 5.41) is 25.4. The first-order chi connectivity index (χ1) is 42.7. The summed E-state index contributed by atoms with van der Waals surface area (Å²) in [6.07, 6.45) is 25.5. The fraction of sp³-hybridized carbons (Fsp3) is 0.522. The van der Waals surface area contributed by atoms with E-state index in [2.05, 4.69) is 90.4 Å². The maximum Gasteiger partial charge on any atom is 0.406 e. The molecule has 12 rings (SSSR count). The highest BCUT2D eigenvalue weighted by Gasteiger charge is 2.38. The van der Waals surface area contributed by atoms with Crippen molar-refractivity contribution in [2.24, 2.45) is 0 Å². The van der Waals surface area contributed by atoms with Gasteiger partial charge in [0, 0.05) is 71.1 Å². The molecule has 6 aromatic rings. The monoisotopic (exact) mass is 1300 g/mol. The van der Waals surface area contributed by atoms with Crippen LogP contribution in [0.25, 0.3) is 10.4 Å². The third-order valence-electron chi connectivity index (χ3n) is 16.9. The van der Waals surface area contributed by atoms with Crippen molar-refractivity contribution in [3.8, 4) is 45.6 Å². The normalized spacial score (nSPS) is 20.4. The van der Waals surface area contributed by atoms with Gasteiger partial charge in [-0.15, -0.1) is 22.7 Å². The molecule has 6 fully saturated rings. The predicted octanol–water partition coefficient (Wildman–Crippen LogP) is 14.5. The maximum atomic E-state index is 11.8. The molecule has 18 nitrogen and oxygen atoms in total. The topological polar surface area (TPSA) is 200 Å². The maximum absolute atomic E-state index is 11.8. The molecule has 4 aliphatic heterocycles. The molecule has 0 bridgehead atoms. The van der Waals surface area contributed by atoms with Gasteiger partial charge in [-0.1, -0.05) is 47.9 Å². The molecule has 8 heterocycles. The van der Waals surface area contributed by atoms with Gasteiger partial charge < -0.3 is 58.4 Å². The Morgan fingerprint density at radius 1 is 0.602 bits per heavy atom. The minimum atomic E-state index is -0.555. The first-order valence-electron chi connectivity index (χ1n) is 31.0. The summed E-state index contributed by atoms with van der Waals surface area (Å²) in [6, 6.07) is 18.7. The van der Waals surface area contributed by atoms with Gasteiger partial charge in [0.15, 0.2) is 18.8 Å². The van der Waals surface area contributed by atoms with Crippen molar-refractivity contribution in [1.82, 2.24) is 29.7 Å². The van der Waals surface area contributed by atoms with E-state index < -0.39 is 21.0 Å². The summed E-state index contributed by atoms with van der Waals surface area (Å²) >= 11 is 6.77. The zero-order valence-electron chi connectivity index (χ0n) is 50.6. The molecule has 2 saturated carbocycles. The lowest BCUT2D eigenvalue weighted by Gasteiger charge is -2.31. The van der Waals surface area contributed by atoms with E-state index in [1.807, 2.05) is 72.3 Å². The molecule has 4 aromatic heterocycles. The SMILES string of the molecule is CN1CCC(c2ncc(-c3cnc([N+](=O)[O-])c(OCc4cccc(C#CC5(OC6CCCCO6)CCCC5)c4)c3)s2)CC1.Cc1cnc(C2CCN(C)CC2)s1.O=[N+]([O-])c1ncc(Br)cc1OCc1cccc(C#CC2(OC3CCCCO3)CCCC2)c1. The summed E-state index contributed by atoms with van der Waals surface area (Å²) < 4.78 is 36.7. The number of aromatic nitrogens is 4. The summed E-state index contributed by atoms with van der Waals surface area (Å²) in [4.78, 5) is 46.0. The van der Waals surface area contributed by atoms with Gasteiger partial charge in [-0.25, -0.2) is 9.97 Å². The number of nitro groups is 2. The molecule has 0 radical (unpaired) electrons. The van der Waals surface area contributed by atoms with Crippen LogP contribution in [0.15, 0.2) is 89.9 Å². The molecule has 4 saturated heterocycles. The molecule has 466 valence electrons. The molecular formula is C67H79BrN8O10S2. The van der Waals surface area contributed by atoms with Crippen LogP contribution < -0.4 is 9.47 Å². The van der Waals surface area contributed by atoms with E-state index in [9.17, 15) is 20.2 Å². The molecule has 2 unspecified atom stereocenters. The second-order valence-corrected chi connectivity index (χ2v) is 27.0. The van der Waals surface area contributed by atoms with Crippen molar-refractivity contribution < 1.29 is 38.3 Å². The van der Waals surface area contributed by atoms with Crippen molar-refractivity contribution in [2.75, 3.05) is 53.5 Å². The number of halogens is 1. The van der Waals surface area contributed by atoms with Crippen LogP contribution >= 0.6 is 38.6 Å². The molecule has 2 aromatic carbocycles. The van der Waals surface area contributed by atoms with Gasteiger partial charge in [-0.3, -0.25) is 0 Å². The minimum absolute atomic E-state index is 0.117. The fourth-order valence-electron chi connectivity index (χ4n) is 11.9. The van der Waals surface area contributed by atoms with E-state index in [1.165, 1.54) is 48.2 Å². The number of aryl methyl sites for hydroxylation is 1. The van der Waals surface area contributed by atoms with Crippen molar-refractivity contribution in [3.63, 3.8) is 0 Å². The summed E-state index contributed by atoms with van der Waals surface area (Å²) in [5.74, 6) is 14.3. The largest absolute Gasteiger partial charge is 0.481 e. The predicted molar refractivity (Wildman–Crippen MR) is 343 cm³/mol. The van der Waals surface area contributed by atoms with E-state index in [1.54, 1.807) is 23.5 Å². The molecule has 21 heteroatoms. The van der Waals surface area contributed by atoms with Crippen molar-refractivity contribution in [3.05, 3.63) is 147 Å². The molecular weight excluding hydrogens is 1220 g/mol. The number of hydrogen-bond donors (Lipinski definition) is 0. The Kier molecular flexibility index (Phi) is 23.2. The first-order valence-corrected chi connectivity index (χ1v) is 33.5. The summed E-state index contributed by atoms with van der Waals surface area (Å²) in [5.41, 5.74) is 3.29. The molecule has 2 atom stereocenters. The lowest BCUT2D eigenvalue weighted by atomic mass is 9.98. The second-order valence-electron chi connectivity index (χ2n) is 23.8. The van der Waals surface area contributed by atoms with Crippen LogP contribution in [-0.4, -0.2) is 117 Å². The number of piperidine rings is 2. The van der Waals surface area contributed by atoms with E-state index in [4.69, 9.17) is 28.4 Å². The Hall–Kier alpha value is -6.24. The summed E-state index contributed by atoms with van der Waals surface area (Å²) in [6.45, 7) is 8.54. The van der Waals surface area contributed by atoms with Crippen molar-refractivity contribution in [2.45, 2.75) is 171 Å². The van der Waals surface area contributed by atoms with E-state index in [-0.39, 0.29) is 48.9 Å². The van der Waals surface area contributed by atoms with Crippen LogP contribution in [0.5, 0.6) is 11.5 Å². The lowest BCUT2D eigenvalue weighted by molar-refractivity contribution is -0.390. The van der Waals surface area contributed by atoms with Gasteiger partial charge in [-0.05, 0) is 234 Å². The standard InChI is InChI=1S/C33H38N4O5S.C24H25BrN2O5.C10H16N2S/c1-36-16-11-26(12-17-36)32-35-22-29(43-32)27-20-28(31(34-21-27)37(38)39)41-23-25-8-6-7-24(19-25)10-15-33(13-3-4-14-33)42-30-9-2-5-18-40-30;25-20-15-21(23(26-16-20)27(28)29)31-17-19-7-5-6-18(14-19)9-12-24(10-2-3-11-24)32-22-8-1-4-13-30-22;1-8-7-11-10(13-8)9-3-5-12(2)6-4-9/h6-8,19-22,26,30H,2-5,9,11-14,16-18,23H2,1H3;5-7,14-16,22H,1-4,8,10-11,13,17H2;7,9H,3-6H2,1-2H3. The van der Waals surface area contributed by atoms with Gasteiger partial charge in [0.25, 0.3) is 0 Å². The van der Waals surface area contributed by atoms with Crippen LogP contribution in [0.2, 0.25) is 0 Å². The van der Waals surface area contributed by atoms with E-state index >= 15 is 0 Å². The van der Waals surface area contributed by atoms with Crippen LogP contribution in [0.1, 0.15) is 165 Å². The fourth-order valence-corrected chi connectivity index (χ4v) is 14.2. The molecule has 0 amide bonds. The zero-order chi connectivity index (χ0) is 61.3. The molecule has 0 N–H and O–H groups in total. The molecule has 88 heavy (non-hydrogen) atoms. The first kappa shape index (κ1) is 64.7. The highest BCUT2D eigenvalue weighted by Crippen LogP contribution is 2.40. The average Bonchev–Trinajstić information content (AvgIpc) is 4.60. The highest BCUT2D eigenvalue weighted by molar-refractivity contribution is 9.10. The number of benzene rings is 2. The smallest absolute Gasteiger partial charge is 0.406 e. The number of ether oxygens (including phenoxy) is 6. The van der Waals surface area contributed by atoms with Gasteiger partial charge in [-0.2, -0.15) is 0 Å². The van der Waals surface area contributed by atoms with Crippen LogP contribution in [0.4, 0.5) is 11.6 Å². The molecule has 0 spiro atoms. The molecule has 2 aliphatic carbocycles. The van der Waals surface area contributed by atoms with E-state index in [0.717, 1.165) is 173 Å². The van der Waals surface area contributed by atoms with Gasteiger partial charge in [0.05, 0.1) is 19.4 Å². The van der Waals surface area contributed by atoms with Crippen molar-refractivity contribution in [1.29, 1.82) is 0 Å². The number of likely N-dealkylation sites (tertiary alicyclic amines) is 2. The average molecular weight is 1300 g/mol. The number of thiazole rings is 2. The number of hydrogen-bond acceptors (Lipinski definition) is 18. The zero-order valence-corrected chi connectivity index (χ0v) is 53.9. The van der Waals surface area contributed by atoms with Crippen LogP contribution in [0.3, 0.4) is 0 Å². The van der Waals surface area contributed by atoms with Crippen LogP contribution in [-0.2, 0) is 32.2 Å². The summed E-state index contributed by atoms with van der Waals surface area (Å²) in [7, 11) is 4.34. The van der Waals surface area contributed by atoms with Gasteiger partial charge in [0.1, 0.15) is 30.6 Å². The Labute approximate surface area is 532 Å². The third-order valence-corrected chi connectivity index (χ3v) is 19.6. The van der Waals surface area contributed by atoms with E-state index in [0.29, 0.717) is 10.4 Å². The Bertz CT molecular complexity index is 3410. The Balaban J connectivity index is 0.000000166. The Morgan fingerprint density at radius 2 is 1.08 bits per heavy atom. The quantitative estimate of drug-likeness (QED) is 0.0533. The van der Waals surface area contributed by atoms with Crippen molar-refractivity contribution >= 4 is 50.2 Å². The number of rotatable bonds is 15. The number of nitrogens with zero attached hydrogens (tertiary/aromatic N) is 8.